The SMILES string of the molecule is CCN1CCCC1(C)COc1nc(N2CCCC(O)C2)c2cnc(-c3cccc4cccc(F)c34)c(F)c2n1. The molecule has 2 aliphatic rings. The van der Waals surface area contributed by atoms with E-state index in [1.165, 1.54) is 6.07 Å². The van der Waals surface area contributed by atoms with Crippen LogP contribution in [0.1, 0.15) is 39.5 Å². The molecule has 39 heavy (non-hydrogen) atoms. The minimum Gasteiger partial charge on any atom is -0.461 e. The molecule has 0 amide bonds. The summed E-state index contributed by atoms with van der Waals surface area (Å²) < 4.78 is 37.4. The normalized spacial score (nSPS) is 22.2. The van der Waals surface area contributed by atoms with Crippen LogP contribution in [0.25, 0.3) is 32.9 Å². The number of piperidine rings is 1. The monoisotopic (exact) mass is 533 g/mol. The number of fused-ring (bicyclic) bond motifs is 2. The second-order valence-corrected chi connectivity index (χ2v) is 10.9. The Labute approximate surface area is 226 Å². The Kier molecular flexibility index (Phi) is 6.81. The van der Waals surface area contributed by atoms with Crippen molar-refractivity contribution in [1.82, 2.24) is 19.9 Å². The van der Waals surface area contributed by atoms with Crippen LogP contribution in [0, 0.1) is 11.6 Å². The van der Waals surface area contributed by atoms with E-state index in [4.69, 9.17) is 9.72 Å². The van der Waals surface area contributed by atoms with Crippen molar-refractivity contribution in [1.29, 1.82) is 0 Å². The van der Waals surface area contributed by atoms with Gasteiger partial charge in [-0.2, -0.15) is 9.97 Å². The molecule has 2 atom stereocenters. The van der Waals surface area contributed by atoms with Crippen LogP contribution in [-0.4, -0.2) is 69.4 Å². The Morgan fingerprint density at radius 1 is 1.10 bits per heavy atom. The zero-order valence-corrected chi connectivity index (χ0v) is 22.3. The molecule has 2 unspecified atom stereocenters. The van der Waals surface area contributed by atoms with E-state index in [0.717, 1.165) is 32.4 Å². The molecule has 2 aliphatic heterocycles. The van der Waals surface area contributed by atoms with Gasteiger partial charge in [0.25, 0.3) is 0 Å². The quantitative estimate of drug-likeness (QED) is 0.359. The van der Waals surface area contributed by atoms with E-state index in [1.54, 1.807) is 36.5 Å². The topological polar surface area (TPSA) is 74.6 Å². The molecule has 0 bridgehead atoms. The summed E-state index contributed by atoms with van der Waals surface area (Å²) in [4.78, 5) is 18.0. The van der Waals surface area contributed by atoms with Crippen molar-refractivity contribution in [2.45, 2.75) is 51.2 Å². The highest BCUT2D eigenvalue weighted by Crippen LogP contribution is 2.37. The zero-order valence-electron chi connectivity index (χ0n) is 22.3. The first-order valence-electron chi connectivity index (χ1n) is 13.7. The van der Waals surface area contributed by atoms with Crippen molar-refractivity contribution < 1.29 is 18.6 Å². The van der Waals surface area contributed by atoms with E-state index < -0.39 is 17.7 Å². The van der Waals surface area contributed by atoms with Crippen molar-refractivity contribution >= 4 is 27.5 Å². The number of likely N-dealkylation sites (N-methyl/N-ethyl adjacent to an activating group) is 1. The minimum absolute atomic E-state index is 0.0207. The van der Waals surface area contributed by atoms with E-state index in [1.807, 2.05) is 4.90 Å². The Balaban J connectivity index is 1.48. The van der Waals surface area contributed by atoms with E-state index in [-0.39, 0.29) is 22.8 Å². The van der Waals surface area contributed by atoms with Gasteiger partial charge < -0.3 is 14.7 Å². The highest BCUT2D eigenvalue weighted by atomic mass is 19.1. The third kappa shape index (κ3) is 4.67. The number of rotatable bonds is 6. The molecule has 4 aromatic rings. The lowest BCUT2D eigenvalue weighted by atomic mass is 10.00. The third-order valence-electron chi connectivity index (χ3n) is 8.25. The van der Waals surface area contributed by atoms with Crippen LogP contribution in [0.3, 0.4) is 0 Å². The number of nitrogens with zero attached hydrogens (tertiary/aromatic N) is 5. The summed E-state index contributed by atoms with van der Waals surface area (Å²) in [5.74, 6) is -0.610. The summed E-state index contributed by atoms with van der Waals surface area (Å²) in [5, 5.41) is 11.7. The molecule has 7 nitrogen and oxygen atoms in total. The molecule has 1 N–H and O–H groups in total. The lowest BCUT2D eigenvalue weighted by Gasteiger charge is -2.34. The number of halogens is 2. The van der Waals surface area contributed by atoms with Crippen LogP contribution in [0.2, 0.25) is 0 Å². The molecule has 204 valence electrons. The summed E-state index contributed by atoms with van der Waals surface area (Å²) in [7, 11) is 0. The van der Waals surface area contributed by atoms with Crippen LogP contribution in [0.5, 0.6) is 6.01 Å². The molecule has 9 heteroatoms. The fourth-order valence-corrected chi connectivity index (χ4v) is 6.16. The van der Waals surface area contributed by atoms with Crippen molar-refractivity contribution in [3.05, 3.63) is 54.2 Å². The van der Waals surface area contributed by atoms with Gasteiger partial charge in [-0.3, -0.25) is 9.88 Å². The van der Waals surface area contributed by atoms with Gasteiger partial charge in [-0.25, -0.2) is 8.78 Å². The number of aromatic nitrogens is 3. The summed E-state index contributed by atoms with van der Waals surface area (Å²) in [5.41, 5.74) is 0.291. The average molecular weight is 534 g/mol. The minimum atomic E-state index is -0.656. The highest BCUT2D eigenvalue weighted by molar-refractivity contribution is 5.99. The van der Waals surface area contributed by atoms with Gasteiger partial charge in [-0.15, -0.1) is 0 Å². The van der Waals surface area contributed by atoms with Crippen molar-refractivity contribution in [3.63, 3.8) is 0 Å². The van der Waals surface area contributed by atoms with Gasteiger partial charge in [0.1, 0.15) is 29.5 Å². The van der Waals surface area contributed by atoms with Gasteiger partial charge in [0.05, 0.1) is 17.0 Å². The first-order valence-corrected chi connectivity index (χ1v) is 13.7. The number of likely N-dealkylation sites (tertiary alicyclic amines) is 1. The summed E-state index contributed by atoms with van der Waals surface area (Å²) >= 11 is 0. The summed E-state index contributed by atoms with van der Waals surface area (Å²) in [6.07, 6.45) is 4.63. The molecular formula is C30H33F2N5O2. The number of aliphatic hydroxyl groups excluding tert-OH is 1. The summed E-state index contributed by atoms with van der Waals surface area (Å²) in [6.45, 7) is 7.66. The van der Waals surface area contributed by atoms with Gasteiger partial charge in [0.15, 0.2) is 5.82 Å². The fourth-order valence-electron chi connectivity index (χ4n) is 6.16. The maximum absolute atomic E-state index is 16.3. The molecule has 2 fully saturated rings. The van der Waals surface area contributed by atoms with Crippen LogP contribution < -0.4 is 9.64 Å². The predicted octanol–water partition coefficient (Wildman–Crippen LogP) is 5.34. The maximum atomic E-state index is 16.3. The van der Waals surface area contributed by atoms with E-state index >= 15 is 4.39 Å². The van der Waals surface area contributed by atoms with Crippen molar-refractivity contribution in [3.8, 4) is 17.3 Å². The molecular weight excluding hydrogens is 500 g/mol. The number of hydrogen-bond donors (Lipinski definition) is 1. The lowest BCUT2D eigenvalue weighted by molar-refractivity contribution is 0.0907. The number of benzene rings is 2. The number of anilines is 1. The Bertz CT molecular complexity index is 1530. The first kappa shape index (κ1) is 25.8. The molecule has 0 radical (unpaired) electrons. The Hall–Kier alpha value is -3.43. The number of ether oxygens (including phenoxy) is 1. The molecule has 0 spiro atoms. The van der Waals surface area contributed by atoms with Crippen LogP contribution >= 0.6 is 0 Å². The van der Waals surface area contributed by atoms with E-state index in [0.29, 0.717) is 53.7 Å². The lowest BCUT2D eigenvalue weighted by Crippen LogP contribution is -2.45. The third-order valence-corrected chi connectivity index (χ3v) is 8.25. The van der Waals surface area contributed by atoms with Crippen molar-refractivity contribution in [2.24, 2.45) is 0 Å². The average Bonchev–Trinajstić information content (AvgIpc) is 3.32. The van der Waals surface area contributed by atoms with Gasteiger partial charge >= 0.3 is 6.01 Å². The molecule has 2 aromatic carbocycles. The largest absolute Gasteiger partial charge is 0.461 e. The predicted molar refractivity (Wildman–Crippen MR) is 148 cm³/mol. The van der Waals surface area contributed by atoms with Crippen LogP contribution in [0.4, 0.5) is 14.6 Å². The molecule has 2 aromatic heterocycles. The number of hydrogen-bond acceptors (Lipinski definition) is 7. The van der Waals surface area contributed by atoms with Gasteiger partial charge in [0.2, 0.25) is 0 Å². The highest BCUT2D eigenvalue weighted by Gasteiger charge is 2.36. The smallest absolute Gasteiger partial charge is 0.319 e. The molecule has 6 rings (SSSR count). The number of β-amino-alcohol motifs (C(OH)–C–C–N with tert-alkyl or cyclic N) is 1. The number of pyridine rings is 1. The zero-order chi connectivity index (χ0) is 27.1. The van der Waals surface area contributed by atoms with E-state index in [9.17, 15) is 9.50 Å². The van der Waals surface area contributed by atoms with Gasteiger partial charge in [-0.1, -0.05) is 37.3 Å². The molecule has 0 aliphatic carbocycles. The molecule has 2 saturated heterocycles. The fraction of sp³-hybridized carbons (Fsp3) is 0.433. The van der Waals surface area contributed by atoms with E-state index in [2.05, 4.69) is 28.7 Å². The molecule has 0 saturated carbocycles. The second kappa shape index (κ2) is 10.3. The summed E-state index contributed by atoms with van der Waals surface area (Å²) in [6, 6.07) is 10.1. The van der Waals surface area contributed by atoms with Crippen molar-refractivity contribution in [2.75, 3.05) is 37.7 Å². The molecule has 4 heterocycles. The maximum Gasteiger partial charge on any atom is 0.319 e. The Morgan fingerprint density at radius 2 is 1.92 bits per heavy atom. The first-order chi connectivity index (χ1) is 18.9. The van der Waals surface area contributed by atoms with Crippen LogP contribution in [-0.2, 0) is 0 Å². The standard InChI is InChI=1S/C30H33F2N5O2/c1-3-37-15-7-13-30(37,2)18-39-29-34-27-22(28(35-29)36-14-6-10-20(38)17-36)16-33-26(25(27)32)21-11-4-8-19-9-5-12-23(31)24(19)21/h4-5,8-9,11-12,16,20,38H,3,6-7,10,13-15,17-18H2,1-2H3. The van der Waals surface area contributed by atoms with Crippen LogP contribution in [0.15, 0.2) is 42.6 Å². The van der Waals surface area contributed by atoms with Gasteiger partial charge in [0, 0.05) is 30.2 Å². The Morgan fingerprint density at radius 3 is 2.72 bits per heavy atom. The number of aliphatic hydroxyl groups is 1. The van der Waals surface area contributed by atoms with Gasteiger partial charge in [-0.05, 0) is 57.1 Å². The second-order valence-electron chi connectivity index (χ2n) is 10.9.